The van der Waals surface area contributed by atoms with Crippen molar-refractivity contribution in [3.05, 3.63) is 61.6 Å². The van der Waals surface area contributed by atoms with Crippen LogP contribution < -0.4 is 10.1 Å². The zero-order valence-electron chi connectivity index (χ0n) is 14.8. The maximum Gasteiger partial charge on any atom is 0.261 e. The van der Waals surface area contributed by atoms with E-state index in [-0.39, 0.29) is 25.0 Å². The average molecular weight is 521 g/mol. The Kier molecular flexibility index (Phi) is 8.19. The number of nitrogens with one attached hydrogen (secondary N) is 1. The van der Waals surface area contributed by atoms with Crippen LogP contribution in [-0.4, -0.2) is 36.4 Å². The molecule has 0 aromatic heterocycles. The molecule has 8 heteroatoms. The quantitative estimate of drug-likeness (QED) is 0.558. The topological polar surface area (TPSA) is 58.6 Å². The van der Waals surface area contributed by atoms with Crippen molar-refractivity contribution in [2.75, 3.05) is 13.7 Å². The first kappa shape index (κ1) is 21.8. The van der Waals surface area contributed by atoms with E-state index in [0.717, 1.165) is 3.57 Å². The number of rotatable bonds is 7. The van der Waals surface area contributed by atoms with Crippen molar-refractivity contribution in [3.8, 4) is 5.75 Å². The van der Waals surface area contributed by atoms with Crippen LogP contribution in [0.5, 0.6) is 5.75 Å². The summed E-state index contributed by atoms with van der Waals surface area (Å²) >= 11 is 14.3. The summed E-state index contributed by atoms with van der Waals surface area (Å²) in [6.07, 6.45) is 0. The zero-order valence-corrected chi connectivity index (χ0v) is 18.5. The average Bonchev–Trinajstić information content (AvgIpc) is 2.65. The van der Waals surface area contributed by atoms with Gasteiger partial charge in [-0.25, -0.2) is 0 Å². The fraction of sp³-hybridized carbons (Fsp3) is 0.263. The van der Waals surface area contributed by atoms with E-state index in [1.807, 2.05) is 12.1 Å². The molecule has 144 valence electrons. The van der Waals surface area contributed by atoms with Gasteiger partial charge in [0.25, 0.3) is 5.91 Å². The highest BCUT2D eigenvalue weighted by Crippen LogP contribution is 2.23. The fourth-order valence-electron chi connectivity index (χ4n) is 2.38. The molecule has 0 aliphatic heterocycles. The molecule has 0 fully saturated rings. The first-order chi connectivity index (χ1) is 12.8. The second kappa shape index (κ2) is 10.1. The maximum absolute atomic E-state index is 12.8. The molecule has 2 aromatic rings. The molecule has 0 saturated heterocycles. The number of ether oxygens (including phenoxy) is 1. The molecular formula is C19H19Cl2IN2O3. The van der Waals surface area contributed by atoms with Crippen molar-refractivity contribution in [2.45, 2.75) is 19.5 Å². The predicted molar refractivity (Wildman–Crippen MR) is 115 cm³/mol. The second-order valence-electron chi connectivity index (χ2n) is 5.79. The molecule has 0 bridgehead atoms. The number of likely N-dealkylation sites (N-methyl/N-ethyl adjacent to an activating group) is 1. The molecule has 0 unspecified atom stereocenters. The van der Waals surface area contributed by atoms with Crippen LogP contribution in [-0.2, 0) is 16.1 Å². The Labute approximate surface area is 182 Å². The number of nitrogens with zero attached hydrogens (tertiary/aromatic N) is 1. The first-order valence-corrected chi connectivity index (χ1v) is 9.98. The lowest BCUT2D eigenvalue weighted by Gasteiger charge is -2.28. The highest BCUT2D eigenvalue weighted by molar-refractivity contribution is 14.1. The maximum atomic E-state index is 12.8. The minimum atomic E-state index is -0.686. The van der Waals surface area contributed by atoms with Crippen molar-refractivity contribution in [1.29, 1.82) is 0 Å². The Bertz CT molecular complexity index is 815. The molecule has 2 aromatic carbocycles. The third kappa shape index (κ3) is 6.26. The Morgan fingerprint density at radius 1 is 1.19 bits per heavy atom. The standard InChI is InChI=1S/C19H19Cl2IN2O3/c1-12(19(26)23-2)24(10-13-3-4-14(20)9-17(13)21)18(25)11-27-16-7-5-15(22)6-8-16/h3-9,12H,10-11H2,1-2H3,(H,23,26)/t12-/m1/s1. The Balaban J connectivity index is 2.16. The van der Waals surface area contributed by atoms with Crippen LogP contribution in [0.25, 0.3) is 0 Å². The molecule has 1 atom stereocenters. The van der Waals surface area contributed by atoms with Crippen LogP contribution >= 0.6 is 45.8 Å². The van der Waals surface area contributed by atoms with Crippen LogP contribution in [0.3, 0.4) is 0 Å². The van der Waals surface area contributed by atoms with Gasteiger partial charge in [-0.1, -0.05) is 29.3 Å². The zero-order chi connectivity index (χ0) is 20.0. The van der Waals surface area contributed by atoms with Gasteiger partial charge in [0.15, 0.2) is 6.61 Å². The van der Waals surface area contributed by atoms with E-state index >= 15 is 0 Å². The van der Waals surface area contributed by atoms with Gasteiger partial charge in [0, 0.05) is 27.2 Å². The van der Waals surface area contributed by atoms with Gasteiger partial charge in [-0.05, 0) is 71.5 Å². The Morgan fingerprint density at radius 2 is 1.85 bits per heavy atom. The van der Waals surface area contributed by atoms with E-state index < -0.39 is 6.04 Å². The first-order valence-electron chi connectivity index (χ1n) is 8.15. The van der Waals surface area contributed by atoms with Gasteiger partial charge in [0.2, 0.25) is 5.91 Å². The normalized spacial score (nSPS) is 11.6. The lowest BCUT2D eigenvalue weighted by atomic mass is 10.1. The smallest absolute Gasteiger partial charge is 0.261 e. The van der Waals surface area contributed by atoms with Gasteiger partial charge >= 0.3 is 0 Å². The number of hydrogen-bond acceptors (Lipinski definition) is 3. The van der Waals surface area contributed by atoms with Gasteiger partial charge in [0.05, 0.1) is 0 Å². The Morgan fingerprint density at radius 3 is 2.44 bits per heavy atom. The minimum absolute atomic E-state index is 0.166. The highest BCUT2D eigenvalue weighted by Gasteiger charge is 2.26. The van der Waals surface area contributed by atoms with Gasteiger partial charge in [-0.3, -0.25) is 9.59 Å². The number of carbonyl (C=O) groups is 2. The van der Waals surface area contributed by atoms with Crippen LogP contribution in [0, 0.1) is 3.57 Å². The summed E-state index contributed by atoms with van der Waals surface area (Å²) in [5, 5.41) is 3.50. The lowest BCUT2D eigenvalue weighted by Crippen LogP contribution is -2.48. The van der Waals surface area contributed by atoms with E-state index in [1.54, 1.807) is 37.3 Å². The molecule has 27 heavy (non-hydrogen) atoms. The number of benzene rings is 2. The molecule has 0 saturated carbocycles. The van der Waals surface area contributed by atoms with Crippen molar-refractivity contribution in [1.82, 2.24) is 10.2 Å². The lowest BCUT2D eigenvalue weighted by molar-refractivity contribution is -0.142. The van der Waals surface area contributed by atoms with E-state index in [2.05, 4.69) is 27.9 Å². The van der Waals surface area contributed by atoms with Gasteiger partial charge in [-0.2, -0.15) is 0 Å². The van der Waals surface area contributed by atoms with Crippen molar-refractivity contribution in [3.63, 3.8) is 0 Å². The highest BCUT2D eigenvalue weighted by atomic mass is 127. The van der Waals surface area contributed by atoms with Gasteiger partial charge in [-0.15, -0.1) is 0 Å². The van der Waals surface area contributed by atoms with E-state index in [1.165, 1.54) is 11.9 Å². The molecule has 2 amide bonds. The van der Waals surface area contributed by atoms with Crippen LogP contribution in [0.1, 0.15) is 12.5 Å². The molecular weight excluding hydrogens is 502 g/mol. The number of halogens is 3. The van der Waals surface area contributed by atoms with Crippen LogP contribution in [0.4, 0.5) is 0 Å². The summed E-state index contributed by atoms with van der Waals surface area (Å²) in [6.45, 7) is 1.64. The van der Waals surface area contributed by atoms with Crippen molar-refractivity contribution in [2.24, 2.45) is 0 Å². The molecule has 5 nitrogen and oxygen atoms in total. The number of carbonyl (C=O) groups excluding carboxylic acids is 2. The number of amides is 2. The summed E-state index contributed by atoms with van der Waals surface area (Å²) in [6, 6.07) is 11.7. The summed E-state index contributed by atoms with van der Waals surface area (Å²) in [5.74, 6) is -0.0146. The molecule has 0 aliphatic rings. The van der Waals surface area contributed by atoms with Crippen molar-refractivity contribution < 1.29 is 14.3 Å². The minimum Gasteiger partial charge on any atom is -0.484 e. The third-order valence-electron chi connectivity index (χ3n) is 3.95. The molecule has 0 spiro atoms. The molecule has 0 radical (unpaired) electrons. The van der Waals surface area contributed by atoms with E-state index in [4.69, 9.17) is 27.9 Å². The van der Waals surface area contributed by atoms with Gasteiger partial charge < -0.3 is 15.0 Å². The van der Waals surface area contributed by atoms with Crippen LogP contribution in [0.2, 0.25) is 10.0 Å². The van der Waals surface area contributed by atoms with E-state index in [9.17, 15) is 9.59 Å². The molecule has 0 heterocycles. The SMILES string of the molecule is CNC(=O)[C@@H](C)N(Cc1ccc(Cl)cc1Cl)C(=O)COc1ccc(I)cc1. The summed E-state index contributed by atoms with van der Waals surface area (Å²) < 4.78 is 6.64. The van der Waals surface area contributed by atoms with Crippen molar-refractivity contribution >= 4 is 57.6 Å². The molecule has 1 N–H and O–H groups in total. The summed E-state index contributed by atoms with van der Waals surface area (Å²) in [4.78, 5) is 26.3. The summed E-state index contributed by atoms with van der Waals surface area (Å²) in [5.41, 5.74) is 0.694. The Hall–Kier alpha value is -1.51. The van der Waals surface area contributed by atoms with Crippen LogP contribution in [0.15, 0.2) is 42.5 Å². The second-order valence-corrected chi connectivity index (χ2v) is 7.88. The summed E-state index contributed by atoms with van der Waals surface area (Å²) in [7, 11) is 1.53. The van der Waals surface area contributed by atoms with E-state index in [0.29, 0.717) is 21.4 Å². The predicted octanol–water partition coefficient (Wildman–Crippen LogP) is 4.14. The fourth-order valence-corrected chi connectivity index (χ4v) is 3.21. The third-order valence-corrected chi connectivity index (χ3v) is 5.25. The monoisotopic (exact) mass is 520 g/mol. The van der Waals surface area contributed by atoms with Gasteiger partial charge in [0.1, 0.15) is 11.8 Å². The molecule has 0 aliphatic carbocycles. The largest absolute Gasteiger partial charge is 0.484 e. The number of hydrogen-bond donors (Lipinski definition) is 1. The molecule has 2 rings (SSSR count).